The summed E-state index contributed by atoms with van der Waals surface area (Å²) in [6.45, 7) is 5.85. The molecule has 1 rings (SSSR count). The van der Waals surface area contributed by atoms with E-state index >= 15 is 0 Å². The van der Waals surface area contributed by atoms with Crippen LogP contribution in [-0.4, -0.2) is 18.2 Å². The van der Waals surface area contributed by atoms with Gasteiger partial charge < -0.3 is 4.74 Å². The van der Waals surface area contributed by atoms with Crippen LogP contribution in [0.5, 0.6) is 0 Å². The second-order valence-electron chi connectivity index (χ2n) is 4.90. The molecule has 0 N–H and O–H groups in total. The lowest BCUT2D eigenvalue weighted by molar-refractivity contribution is 0.0584. The Balaban J connectivity index is 3.02. The summed E-state index contributed by atoms with van der Waals surface area (Å²) in [6.07, 6.45) is 1.28. The topological polar surface area (TPSA) is 29.5 Å². The molecule has 0 unspecified atom stereocenters. The monoisotopic (exact) mass is 345 g/mol. The van der Waals surface area contributed by atoms with Crippen molar-refractivity contribution in [3.05, 3.63) is 40.3 Å². The molecular weight excluding hydrogens is 330 g/mol. The fourth-order valence-corrected chi connectivity index (χ4v) is 1.98. The van der Waals surface area contributed by atoms with E-state index in [2.05, 4.69) is 15.9 Å². The number of anilines is 1. The summed E-state index contributed by atoms with van der Waals surface area (Å²) in [5.41, 5.74) is 1.58. The molecule has 0 radical (unpaired) electrons. The Kier molecular flexibility index (Phi) is 5.88. The normalized spacial score (nSPS) is 11.6. The zero-order chi connectivity index (χ0) is 14.5. The maximum atomic E-state index is 12.2. The number of carbonyl (C=O) groups excluding carboxylic acids is 1. The molecule has 0 aliphatic heterocycles. The summed E-state index contributed by atoms with van der Waals surface area (Å²) >= 11 is 8.97. The summed E-state index contributed by atoms with van der Waals surface area (Å²) in [5, 5.41) is 0. The smallest absolute Gasteiger partial charge is 0.415 e. The quantitative estimate of drug-likeness (QED) is 0.775. The Morgan fingerprint density at radius 1 is 1.42 bits per heavy atom. The molecule has 104 valence electrons. The third-order valence-electron chi connectivity index (χ3n) is 2.13. The van der Waals surface area contributed by atoms with E-state index in [1.165, 1.54) is 10.4 Å². The van der Waals surface area contributed by atoms with Crippen molar-refractivity contribution in [2.24, 2.45) is 0 Å². The molecule has 19 heavy (non-hydrogen) atoms. The van der Waals surface area contributed by atoms with Gasteiger partial charge in [-0.15, -0.1) is 0 Å². The zero-order valence-corrected chi connectivity index (χ0v) is 13.5. The number of carbonyl (C=O) groups is 1. The van der Waals surface area contributed by atoms with Crippen molar-refractivity contribution in [2.75, 3.05) is 11.4 Å². The van der Waals surface area contributed by atoms with Crippen LogP contribution in [0.1, 0.15) is 20.8 Å². The number of hydrogen-bond donors (Lipinski definition) is 0. The lowest BCUT2D eigenvalue weighted by Crippen LogP contribution is -2.37. The van der Waals surface area contributed by atoms with Crippen molar-refractivity contribution in [1.82, 2.24) is 0 Å². The molecule has 0 saturated heterocycles. The Bertz CT molecular complexity index is 469. The molecule has 0 fully saturated rings. The lowest BCUT2D eigenvalue weighted by atomic mass is 10.2. The van der Waals surface area contributed by atoms with Crippen molar-refractivity contribution in [3.8, 4) is 0 Å². The number of ether oxygens (including phenoxy) is 1. The number of halogens is 2. The van der Waals surface area contributed by atoms with Crippen LogP contribution in [0.25, 0.3) is 0 Å². The molecule has 1 amide bonds. The molecule has 0 saturated carbocycles. The van der Waals surface area contributed by atoms with E-state index in [-0.39, 0.29) is 0 Å². The van der Waals surface area contributed by atoms with E-state index in [9.17, 15) is 4.79 Å². The standard InChI is InChI=1S/C14H17BrClNO2/c1-14(2,3)19-13(18)17(10-6-9-16)12-8-5-4-7-11(12)15/h4-9H,10H2,1-3H3/b9-6+. The fourth-order valence-electron chi connectivity index (χ4n) is 1.40. The molecule has 0 aliphatic rings. The minimum absolute atomic E-state index is 0.348. The van der Waals surface area contributed by atoms with Crippen molar-refractivity contribution < 1.29 is 9.53 Å². The van der Waals surface area contributed by atoms with Gasteiger partial charge in [-0.1, -0.05) is 29.8 Å². The van der Waals surface area contributed by atoms with Gasteiger partial charge in [0.15, 0.2) is 0 Å². The number of rotatable bonds is 3. The summed E-state index contributed by atoms with van der Waals surface area (Å²) in [6, 6.07) is 7.47. The van der Waals surface area contributed by atoms with E-state index in [0.29, 0.717) is 6.54 Å². The van der Waals surface area contributed by atoms with Crippen LogP contribution in [-0.2, 0) is 4.74 Å². The van der Waals surface area contributed by atoms with Gasteiger partial charge in [0, 0.05) is 16.6 Å². The first-order valence-electron chi connectivity index (χ1n) is 5.85. The SMILES string of the molecule is CC(C)(C)OC(=O)N(C/C=C/Cl)c1ccccc1Br. The number of para-hydroxylation sites is 1. The first-order valence-corrected chi connectivity index (χ1v) is 7.08. The molecule has 0 heterocycles. The van der Waals surface area contributed by atoms with Crippen molar-refractivity contribution in [2.45, 2.75) is 26.4 Å². The van der Waals surface area contributed by atoms with Gasteiger partial charge in [0.05, 0.1) is 5.69 Å². The highest BCUT2D eigenvalue weighted by Crippen LogP contribution is 2.27. The second kappa shape index (κ2) is 6.96. The molecule has 0 aromatic heterocycles. The van der Waals surface area contributed by atoms with Crippen LogP contribution in [0, 0.1) is 0 Å². The highest BCUT2D eigenvalue weighted by molar-refractivity contribution is 9.10. The van der Waals surface area contributed by atoms with Gasteiger partial charge in [-0.05, 0) is 48.8 Å². The Hall–Kier alpha value is -1.000. The third-order valence-corrected chi connectivity index (χ3v) is 2.98. The molecule has 0 bridgehead atoms. The predicted octanol–water partition coefficient (Wildman–Crippen LogP) is 4.94. The highest BCUT2D eigenvalue weighted by Gasteiger charge is 2.23. The van der Waals surface area contributed by atoms with Crippen LogP contribution in [0.3, 0.4) is 0 Å². The van der Waals surface area contributed by atoms with Gasteiger partial charge in [0.2, 0.25) is 0 Å². The van der Waals surface area contributed by atoms with Gasteiger partial charge in [-0.2, -0.15) is 0 Å². The molecular formula is C14H17BrClNO2. The lowest BCUT2D eigenvalue weighted by Gasteiger charge is -2.27. The van der Waals surface area contributed by atoms with Gasteiger partial charge in [-0.25, -0.2) is 4.79 Å². The van der Waals surface area contributed by atoms with Gasteiger partial charge in [0.25, 0.3) is 0 Å². The first kappa shape index (κ1) is 16.1. The average Bonchev–Trinajstić information content (AvgIpc) is 2.29. The summed E-state index contributed by atoms with van der Waals surface area (Å²) in [4.78, 5) is 13.7. The van der Waals surface area contributed by atoms with E-state index in [4.69, 9.17) is 16.3 Å². The minimum atomic E-state index is -0.540. The first-order chi connectivity index (χ1) is 8.85. The molecule has 0 spiro atoms. The van der Waals surface area contributed by atoms with E-state index in [1.54, 1.807) is 6.08 Å². The van der Waals surface area contributed by atoms with E-state index < -0.39 is 11.7 Å². The summed E-state index contributed by atoms with van der Waals surface area (Å²) in [7, 11) is 0. The fraction of sp³-hybridized carbons (Fsp3) is 0.357. The van der Waals surface area contributed by atoms with Crippen LogP contribution in [0.2, 0.25) is 0 Å². The van der Waals surface area contributed by atoms with Crippen molar-refractivity contribution in [1.29, 1.82) is 0 Å². The Morgan fingerprint density at radius 2 is 2.05 bits per heavy atom. The molecule has 5 heteroatoms. The number of amides is 1. The van der Waals surface area contributed by atoms with Crippen molar-refractivity contribution in [3.63, 3.8) is 0 Å². The Morgan fingerprint density at radius 3 is 2.58 bits per heavy atom. The predicted molar refractivity (Wildman–Crippen MR) is 82.7 cm³/mol. The third kappa shape index (κ3) is 5.25. The van der Waals surface area contributed by atoms with Gasteiger partial charge >= 0.3 is 6.09 Å². The minimum Gasteiger partial charge on any atom is -0.443 e. The zero-order valence-electron chi connectivity index (χ0n) is 11.2. The van der Waals surface area contributed by atoms with Gasteiger partial charge in [0.1, 0.15) is 5.60 Å². The number of benzene rings is 1. The molecule has 3 nitrogen and oxygen atoms in total. The van der Waals surface area contributed by atoms with Crippen molar-refractivity contribution >= 4 is 39.3 Å². The summed E-state index contributed by atoms with van der Waals surface area (Å²) < 4.78 is 6.22. The van der Waals surface area contributed by atoms with Gasteiger partial charge in [-0.3, -0.25) is 4.90 Å². The van der Waals surface area contributed by atoms with E-state index in [0.717, 1.165) is 10.2 Å². The molecule has 0 atom stereocenters. The average molecular weight is 347 g/mol. The number of nitrogens with zero attached hydrogens (tertiary/aromatic N) is 1. The maximum Gasteiger partial charge on any atom is 0.415 e. The van der Waals surface area contributed by atoms with Crippen LogP contribution >= 0.6 is 27.5 Å². The Labute approximate surface area is 127 Å². The number of hydrogen-bond acceptors (Lipinski definition) is 2. The second-order valence-corrected chi connectivity index (χ2v) is 6.01. The van der Waals surface area contributed by atoms with Crippen LogP contribution in [0.4, 0.5) is 10.5 Å². The maximum absolute atomic E-state index is 12.2. The largest absolute Gasteiger partial charge is 0.443 e. The molecule has 1 aromatic carbocycles. The van der Waals surface area contributed by atoms with Crippen LogP contribution < -0.4 is 4.90 Å². The summed E-state index contributed by atoms with van der Waals surface area (Å²) in [5.74, 6) is 0. The highest BCUT2D eigenvalue weighted by atomic mass is 79.9. The van der Waals surface area contributed by atoms with Crippen LogP contribution in [0.15, 0.2) is 40.3 Å². The molecule has 0 aliphatic carbocycles. The van der Waals surface area contributed by atoms with E-state index in [1.807, 2.05) is 45.0 Å². The molecule has 1 aromatic rings.